The summed E-state index contributed by atoms with van der Waals surface area (Å²) in [5, 5.41) is 7.23. The van der Waals surface area contributed by atoms with Crippen LogP contribution >= 0.6 is 0 Å². The lowest BCUT2D eigenvalue weighted by atomic mass is 10.0. The third-order valence-electron chi connectivity index (χ3n) is 4.86. The molecule has 3 aromatic carbocycles. The number of benzene rings is 3. The van der Waals surface area contributed by atoms with E-state index >= 15 is 0 Å². The molecule has 0 amide bonds. The van der Waals surface area contributed by atoms with Crippen molar-refractivity contribution in [3.8, 4) is 0 Å². The number of para-hydroxylation sites is 2. The Morgan fingerprint density at radius 2 is 1.32 bits per heavy atom. The predicted molar refractivity (Wildman–Crippen MR) is 119 cm³/mol. The first-order chi connectivity index (χ1) is 13.6. The molecule has 3 aromatic rings. The van der Waals surface area contributed by atoms with E-state index in [1.165, 1.54) is 22.3 Å². The van der Waals surface area contributed by atoms with Gasteiger partial charge in [-0.2, -0.15) is 0 Å². The average molecular weight is 375 g/mol. The van der Waals surface area contributed by atoms with Crippen molar-refractivity contribution < 1.29 is 4.74 Å². The Kier molecular flexibility index (Phi) is 7.10. The Hall–Kier alpha value is -2.78. The van der Waals surface area contributed by atoms with E-state index in [1.807, 2.05) is 0 Å². The van der Waals surface area contributed by atoms with Gasteiger partial charge in [-0.05, 0) is 43.5 Å². The van der Waals surface area contributed by atoms with Gasteiger partial charge in [-0.3, -0.25) is 0 Å². The summed E-state index contributed by atoms with van der Waals surface area (Å²) in [4.78, 5) is 0. The smallest absolute Gasteiger partial charge is 0.0667 e. The van der Waals surface area contributed by atoms with E-state index in [0.717, 1.165) is 24.3 Å². The van der Waals surface area contributed by atoms with Crippen molar-refractivity contribution in [2.75, 3.05) is 24.4 Å². The molecule has 0 aliphatic heterocycles. The Morgan fingerprint density at radius 3 is 1.93 bits per heavy atom. The van der Waals surface area contributed by atoms with Gasteiger partial charge < -0.3 is 15.4 Å². The quantitative estimate of drug-likeness (QED) is 0.512. The molecular weight excluding hydrogens is 344 g/mol. The van der Waals surface area contributed by atoms with Crippen LogP contribution in [-0.2, 0) is 17.7 Å². The van der Waals surface area contributed by atoms with E-state index in [1.54, 1.807) is 7.11 Å². The highest BCUT2D eigenvalue weighted by molar-refractivity contribution is 5.69. The van der Waals surface area contributed by atoms with Gasteiger partial charge in [0.2, 0.25) is 0 Å². The van der Waals surface area contributed by atoms with Crippen molar-refractivity contribution in [1.82, 2.24) is 0 Å². The first kappa shape index (κ1) is 20.0. The highest BCUT2D eigenvalue weighted by Crippen LogP contribution is 2.23. The average Bonchev–Trinajstić information content (AvgIpc) is 2.70. The van der Waals surface area contributed by atoms with Gasteiger partial charge in [0.05, 0.1) is 24.0 Å². The zero-order valence-corrected chi connectivity index (χ0v) is 17.0. The van der Waals surface area contributed by atoms with E-state index in [-0.39, 0.29) is 6.04 Å². The van der Waals surface area contributed by atoms with E-state index < -0.39 is 0 Å². The van der Waals surface area contributed by atoms with Gasteiger partial charge in [0.15, 0.2) is 0 Å². The molecule has 0 aliphatic rings. The lowest BCUT2D eigenvalue weighted by Gasteiger charge is -2.22. The van der Waals surface area contributed by atoms with Gasteiger partial charge in [-0.15, -0.1) is 0 Å². The first-order valence-electron chi connectivity index (χ1n) is 9.83. The fraction of sp³-hybridized carbons (Fsp3) is 0.280. The second kappa shape index (κ2) is 9.95. The van der Waals surface area contributed by atoms with Crippen LogP contribution in [0.15, 0.2) is 72.8 Å². The van der Waals surface area contributed by atoms with E-state index in [0.29, 0.717) is 6.61 Å². The van der Waals surface area contributed by atoms with Gasteiger partial charge in [-0.1, -0.05) is 71.8 Å². The minimum Gasteiger partial charge on any atom is -0.383 e. The minimum absolute atomic E-state index is 0.204. The van der Waals surface area contributed by atoms with Crippen LogP contribution in [-0.4, -0.2) is 19.8 Å². The van der Waals surface area contributed by atoms with Crippen molar-refractivity contribution in [1.29, 1.82) is 0 Å². The van der Waals surface area contributed by atoms with Gasteiger partial charge in [-0.25, -0.2) is 0 Å². The largest absolute Gasteiger partial charge is 0.383 e. The standard InChI is InChI=1S/C25H30N2O/c1-19-8-12-21(13-9-19)16-23(18-28-3)27-25-7-5-4-6-24(25)26-17-22-14-10-20(2)11-15-22/h4-15,23,26-27H,16-18H2,1-3H3. The molecule has 1 atom stereocenters. The molecule has 0 aromatic heterocycles. The SMILES string of the molecule is COCC(Cc1ccc(C)cc1)Nc1ccccc1NCc1ccc(C)cc1. The maximum atomic E-state index is 5.47. The minimum atomic E-state index is 0.204. The molecule has 0 saturated carbocycles. The van der Waals surface area contributed by atoms with Crippen LogP contribution in [0.4, 0.5) is 11.4 Å². The molecule has 3 rings (SSSR count). The van der Waals surface area contributed by atoms with Crippen molar-refractivity contribution in [2.24, 2.45) is 0 Å². The van der Waals surface area contributed by atoms with Crippen molar-refractivity contribution in [3.63, 3.8) is 0 Å². The zero-order valence-electron chi connectivity index (χ0n) is 17.0. The molecule has 0 saturated heterocycles. The van der Waals surface area contributed by atoms with Gasteiger partial charge >= 0.3 is 0 Å². The summed E-state index contributed by atoms with van der Waals surface area (Å²) in [7, 11) is 1.76. The topological polar surface area (TPSA) is 33.3 Å². The molecule has 1 unspecified atom stereocenters. The summed E-state index contributed by atoms with van der Waals surface area (Å²) in [5.41, 5.74) is 7.35. The zero-order chi connectivity index (χ0) is 19.8. The molecule has 0 fully saturated rings. The normalized spacial score (nSPS) is 11.8. The van der Waals surface area contributed by atoms with Gasteiger partial charge in [0.1, 0.15) is 0 Å². The second-order valence-electron chi connectivity index (χ2n) is 7.37. The first-order valence-corrected chi connectivity index (χ1v) is 9.83. The molecule has 2 N–H and O–H groups in total. The number of hydrogen-bond donors (Lipinski definition) is 2. The van der Waals surface area contributed by atoms with Crippen LogP contribution in [0.25, 0.3) is 0 Å². The molecular formula is C25H30N2O. The number of methoxy groups -OCH3 is 1. The summed E-state index contributed by atoms with van der Waals surface area (Å²) < 4.78 is 5.47. The highest BCUT2D eigenvalue weighted by Gasteiger charge is 2.12. The van der Waals surface area contributed by atoms with Crippen molar-refractivity contribution in [2.45, 2.75) is 32.9 Å². The van der Waals surface area contributed by atoms with E-state index in [2.05, 4.69) is 97.3 Å². The van der Waals surface area contributed by atoms with Crippen LogP contribution in [0.3, 0.4) is 0 Å². The molecule has 0 spiro atoms. The van der Waals surface area contributed by atoms with Crippen LogP contribution in [0, 0.1) is 13.8 Å². The molecule has 0 heterocycles. The molecule has 0 radical (unpaired) electrons. The second-order valence-corrected chi connectivity index (χ2v) is 7.37. The van der Waals surface area contributed by atoms with Crippen LogP contribution in [0.5, 0.6) is 0 Å². The van der Waals surface area contributed by atoms with Crippen LogP contribution in [0.1, 0.15) is 22.3 Å². The monoisotopic (exact) mass is 374 g/mol. The Bertz CT molecular complexity index is 856. The number of aryl methyl sites for hydroxylation is 2. The molecule has 3 heteroatoms. The molecule has 0 aliphatic carbocycles. The lowest BCUT2D eigenvalue weighted by molar-refractivity contribution is 0.185. The van der Waals surface area contributed by atoms with E-state index in [4.69, 9.17) is 4.74 Å². The van der Waals surface area contributed by atoms with E-state index in [9.17, 15) is 0 Å². The molecule has 3 nitrogen and oxygen atoms in total. The summed E-state index contributed by atoms with van der Waals surface area (Å²) in [5.74, 6) is 0. The maximum Gasteiger partial charge on any atom is 0.0667 e. The lowest BCUT2D eigenvalue weighted by Crippen LogP contribution is -2.28. The van der Waals surface area contributed by atoms with Gasteiger partial charge in [0.25, 0.3) is 0 Å². The number of rotatable bonds is 9. The summed E-state index contributed by atoms with van der Waals surface area (Å²) in [6.45, 7) is 5.68. The number of hydrogen-bond acceptors (Lipinski definition) is 3. The summed E-state index contributed by atoms with van der Waals surface area (Å²) >= 11 is 0. The summed E-state index contributed by atoms with van der Waals surface area (Å²) in [6, 6.07) is 25.9. The number of anilines is 2. The third-order valence-corrected chi connectivity index (χ3v) is 4.86. The fourth-order valence-corrected chi connectivity index (χ4v) is 3.25. The predicted octanol–water partition coefficient (Wildman–Crippen LogP) is 5.59. The fourth-order valence-electron chi connectivity index (χ4n) is 3.25. The molecule has 146 valence electrons. The molecule has 28 heavy (non-hydrogen) atoms. The number of nitrogens with one attached hydrogen (secondary N) is 2. The van der Waals surface area contributed by atoms with Crippen molar-refractivity contribution in [3.05, 3.63) is 95.1 Å². The number of ether oxygens (including phenoxy) is 1. The molecule has 0 bridgehead atoms. The maximum absolute atomic E-state index is 5.47. The third kappa shape index (κ3) is 5.86. The Labute approximate surface area is 168 Å². The van der Waals surface area contributed by atoms with Gasteiger partial charge in [0, 0.05) is 13.7 Å². The van der Waals surface area contributed by atoms with Crippen LogP contribution < -0.4 is 10.6 Å². The van der Waals surface area contributed by atoms with Crippen molar-refractivity contribution >= 4 is 11.4 Å². The Morgan fingerprint density at radius 1 is 0.750 bits per heavy atom. The van der Waals surface area contributed by atoms with Crippen LogP contribution in [0.2, 0.25) is 0 Å². The highest BCUT2D eigenvalue weighted by atomic mass is 16.5. The summed E-state index contributed by atoms with van der Waals surface area (Å²) in [6.07, 6.45) is 0.917. The Balaban J connectivity index is 1.68.